The molecule has 1 heterocycles. The SMILES string of the molecule is O=S(=O)(Nc1ccc(Oc2ncccn2)cc1)c1ccc(F)c(F)c1F. The van der Waals surface area contributed by atoms with Crippen molar-refractivity contribution >= 4 is 15.7 Å². The van der Waals surface area contributed by atoms with Crippen LogP contribution in [-0.4, -0.2) is 18.4 Å². The van der Waals surface area contributed by atoms with Crippen molar-refractivity contribution in [3.8, 4) is 11.8 Å². The molecule has 0 aliphatic rings. The highest BCUT2D eigenvalue weighted by molar-refractivity contribution is 7.92. The third-order valence-electron chi connectivity index (χ3n) is 3.15. The molecule has 0 unspecified atom stereocenters. The molecule has 1 N–H and O–H groups in total. The van der Waals surface area contributed by atoms with E-state index in [-0.39, 0.29) is 11.7 Å². The Balaban J connectivity index is 1.79. The number of halogens is 3. The van der Waals surface area contributed by atoms with Crippen LogP contribution in [0.4, 0.5) is 18.9 Å². The van der Waals surface area contributed by atoms with Gasteiger partial charge in [0.25, 0.3) is 10.0 Å². The number of ether oxygens (including phenoxy) is 1. The van der Waals surface area contributed by atoms with Gasteiger partial charge in [-0.3, -0.25) is 4.72 Å². The van der Waals surface area contributed by atoms with Crippen LogP contribution in [0.5, 0.6) is 11.8 Å². The van der Waals surface area contributed by atoms with Crippen LogP contribution >= 0.6 is 0 Å². The number of anilines is 1. The van der Waals surface area contributed by atoms with Gasteiger partial charge >= 0.3 is 6.01 Å². The normalized spacial score (nSPS) is 11.2. The van der Waals surface area contributed by atoms with Gasteiger partial charge in [0.15, 0.2) is 17.5 Å². The summed E-state index contributed by atoms with van der Waals surface area (Å²) in [4.78, 5) is 6.73. The molecule has 1 aromatic heterocycles. The van der Waals surface area contributed by atoms with Crippen LogP contribution in [0.2, 0.25) is 0 Å². The smallest absolute Gasteiger partial charge is 0.321 e. The molecule has 0 bridgehead atoms. The number of hydrogen-bond donors (Lipinski definition) is 1. The molecule has 0 aliphatic carbocycles. The van der Waals surface area contributed by atoms with Gasteiger partial charge in [0.1, 0.15) is 10.6 Å². The summed E-state index contributed by atoms with van der Waals surface area (Å²) in [5.41, 5.74) is 0.0652. The minimum absolute atomic E-state index is 0.0652. The van der Waals surface area contributed by atoms with Gasteiger partial charge in [-0.05, 0) is 42.5 Å². The Labute approximate surface area is 146 Å². The summed E-state index contributed by atoms with van der Waals surface area (Å²) < 4.78 is 71.6. The highest BCUT2D eigenvalue weighted by Crippen LogP contribution is 2.24. The highest BCUT2D eigenvalue weighted by Gasteiger charge is 2.24. The maximum atomic E-state index is 13.7. The first kappa shape index (κ1) is 17.7. The second-order valence-corrected chi connectivity index (χ2v) is 6.59. The van der Waals surface area contributed by atoms with E-state index in [1.54, 1.807) is 6.07 Å². The third-order valence-corrected chi connectivity index (χ3v) is 4.55. The van der Waals surface area contributed by atoms with Gasteiger partial charge in [-0.2, -0.15) is 0 Å². The van der Waals surface area contributed by atoms with E-state index < -0.39 is 32.4 Å². The van der Waals surface area contributed by atoms with E-state index in [9.17, 15) is 21.6 Å². The molecule has 26 heavy (non-hydrogen) atoms. The lowest BCUT2D eigenvalue weighted by Gasteiger charge is -2.10. The van der Waals surface area contributed by atoms with Crippen LogP contribution in [0.3, 0.4) is 0 Å². The number of aromatic nitrogens is 2. The van der Waals surface area contributed by atoms with Crippen molar-refractivity contribution in [3.05, 3.63) is 72.3 Å². The summed E-state index contributed by atoms with van der Waals surface area (Å²) in [5, 5.41) is 0. The maximum absolute atomic E-state index is 13.7. The van der Waals surface area contributed by atoms with E-state index in [0.29, 0.717) is 17.9 Å². The number of benzene rings is 2. The molecule has 0 aliphatic heterocycles. The fraction of sp³-hybridized carbons (Fsp3) is 0. The quantitative estimate of drug-likeness (QED) is 0.685. The molecule has 0 radical (unpaired) electrons. The average molecular weight is 381 g/mol. The highest BCUT2D eigenvalue weighted by atomic mass is 32.2. The monoisotopic (exact) mass is 381 g/mol. The molecule has 134 valence electrons. The third kappa shape index (κ3) is 3.75. The molecule has 0 spiro atoms. The largest absolute Gasteiger partial charge is 0.424 e. The molecule has 2 aromatic carbocycles. The lowest BCUT2D eigenvalue weighted by Crippen LogP contribution is -2.15. The first-order valence-corrected chi connectivity index (χ1v) is 8.56. The predicted molar refractivity (Wildman–Crippen MR) is 85.7 cm³/mol. The van der Waals surface area contributed by atoms with Gasteiger partial charge in [-0.15, -0.1) is 0 Å². The topological polar surface area (TPSA) is 81.2 Å². The number of rotatable bonds is 5. The van der Waals surface area contributed by atoms with Crippen LogP contribution in [0.1, 0.15) is 0 Å². The summed E-state index contributed by atoms with van der Waals surface area (Å²) >= 11 is 0. The van der Waals surface area contributed by atoms with E-state index in [2.05, 4.69) is 14.7 Å². The van der Waals surface area contributed by atoms with Crippen LogP contribution in [-0.2, 0) is 10.0 Å². The van der Waals surface area contributed by atoms with Gasteiger partial charge < -0.3 is 4.74 Å². The molecule has 0 amide bonds. The van der Waals surface area contributed by atoms with Crippen molar-refractivity contribution in [2.75, 3.05) is 4.72 Å². The Morgan fingerprint density at radius 2 is 1.54 bits per heavy atom. The van der Waals surface area contributed by atoms with Crippen molar-refractivity contribution in [2.45, 2.75) is 4.90 Å². The molecule has 3 rings (SSSR count). The van der Waals surface area contributed by atoms with Gasteiger partial charge in [-0.25, -0.2) is 31.6 Å². The number of sulfonamides is 1. The zero-order valence-electron chi connectivity index (χ0n) is 12.9. The zero-order chi connectivity index (χ0) is 18.7. The van der Waals surface area contributed by atoms with Crippen LogP contribution in [0.25, 0.3) is 0 Å². The van der Waals surface area contributed by atoms with E-state index in [0.717, 1.165) is 0 Å². The van der Waals surface area contributed by atoms with Crippen LogP contribution in [0.15, 0.2) is 59.8 Å². The Hall–Kier alpha value is -3.14. The molecular weight excluding hydrogens is 371 g/mol. The molecule has 6 nitrogen and oxygen atoms in total. The Morgan fingerprint density at radius 1 is 0.885 bits per heavy atom. The fourth-order valence-corrected chi connectivity index (χ4v) is 3.09. The summed E-state index contributed by atoms with van der Waals surface area (Å²) in [7, 11) is -4.45. The van der Waals surface area contributed by atoms with E-state index in [1.165, 1.54) is 36.7 Å². The van der Waals surface area contributed by atoms with Crippen molar-refractivity contribution in [1.29, 1.82) is 0 Å². The Kier molecular flexibility index (Phi) is 4.76. The predicted octanol–water partition coefficient (Wildman–Crippen LogP) is 3.49. The molecule has 0 saturated heterocycles. The summed E-state index contributed by atoms with van der Waals surface area (Å²) in [6, 6.07) is 8.42. The first-order chi connectivity index (χ1) is 12.4. The minimum Gasteiger partial charge on any atom is -0.424 e. The van der Waals surface area contributed by atoms with Crippen molar-refractivity contribution in [2.24, 2.45) is 0 Å². The number of nitrogens with one attached hydrogen (secondary N) is 1. The molecule has 0 fully saturated rings. The first-order valence-electron chi connectivity index (χ1n) is 7.08. The number of nitrogens with zero attached hydrogens (tertiary/aromatic N) is 2. The molecule has 10 heteroatoms. The zero-order valence-corrected chi connectivity index (χ0v) is 13.7. The molecular formula is C16H10F3N3O3S. The van der Waals surface area contributed by atoms with E-state index in [4.69, 9.17) is 4.74 Å². The lowest BCUT2D eigenvalue weighted by molar-refractivity contribution is 0.432. The second-order valence-electron chi connectivity index (χ2n) is 4.94. The van der Waals surface area contributed by atoms with Gasteiger partial charge in [0.05, 0.1) is 0 Å². The van der Waals surface area contributed by atoms with Crippen molar-refractivity contribution in [3.63, 3.8) is 0 Å². The van der Waals surface area contributed by atoms with Gasteiger partial charge in [0, 0.05) is 18.1 Å². The van der Waals surface area contributed by atoms with Gasteiger partial charge in [-0.1, -0.05) is 0 Å². The summed E-state index contributed by atoms with van der Waals surface area (Å²) in [5.74, 6) is -4.80. The Bertz CT molecular complexity index is 1030. The fourth-order valence-electron chi connectivity index (χ4n) is 1.96. The minimum atomic E-state index is -4.45. The second kappa shape index (κ2) is 7.00. The lowest BCUT2D eigenvalue weighted by atomic mass is 10.3. The van der Waals surface area contributed by atoms with Crippen molar-refractivity contribution < 1.29 is 26.3 Å². The molecule has 0 saturated carbocycles. The summed E-state index contributed by atoms with van der Waals surface area (Å²) in [6.07, 6.45) is 2.97. The van der Waals surface area contributed by atoms with Crippen molar-refractivity contribution in [1.82, 2.24) is 9.97 Å². The van der Waals surface area contributed by atoms with E-state index >= 15 is 0 Å². The van der Waals surface area contributed by atoms with Crippen LogP contribution < -0.4 is 9.46 Å². The maximum Gasteiger partial charge on any atom is 0.321 e. The molecule has 0 atom stereocenters. The standard InChI is InChI=1S/C16H10F3N3O3S/c17-12-6-7-13(15(19)14(12)18)26(23,24)22-10-2-4-11(5-3-10)25-16-20-8-1-9-21-16/h1-9,22H. The van der Waals surface area contributed by atoms with Gasteiger partial charge in [0.2, 0.25) is 0 Å². The Morgan fingerprint density at radius 3 is 2.19 bits per heavy atom. The summed E-state index contributed by atoms with van der Waals surface area (Å²) in [6.45, 7) is 0. The number of hydrogen-bond acceptors (Lipinski definition) is 5. The molecule has 3 aromatic rings. The average Bonchev–Trinajstić information content (AvgIpc) is 2.62. The van der Waals surface area contributed by atoms with Crippen LogP contribution in [0, 0.1) is 17.5 Å². The van der Waals surface area contributed by atoms with E-state index in [1.807, 2.05) is 0 Å².